The normalized spacial score (nSPS) is 24.0. The second-order valence-corrected chi connectivity index (χ2v) is 13.3. The van der Waals surface area contributed by atoms with Crippen LogP contribution < -0.4 is 5.32 Å². The van der Waals surface area contributed by atoms with Crippen molar-refractivity contribution in [1.29, 1.82) is 0 Å². The molecule has 8 nitrogen and oxygen atoms in total. The van der Waals surface area contributed by atoms with Crippen molar-refractivity contribution in [1.82, 2.24) is 14.5 Å². The third-order valence-electron chi connectivity index (χ3n) is 7.90. The quantitative estimate of drug-likeness (QED) is 0.529. The van der Waals surface area contributed by atoms with Gasteiger partial charge in [0, 0.05) is 37.6 Å². The van der Waals surface area contributed by atoms with Crippen LogP contribution in [0.15, 0.2) is 29.2 Å². The van der Waals surface area contributed by atoms with Gasteiger partial charge in [0.15, 0.2) is 6.10 Å². The maximum atomic E-state index is 13.3. The molecule has 2 amide bonds. The second kappa shape index (κ2) is 11.0. The third-order valence-corrected chi connectivity index (χ3v) is 9.74. The van der Waals surface area contributed by atoms with E-state index >= 15 is 0 Å². The Kier molecular flexibility index (Phi) is 8.77. The minimum Gasteiger partial charge on any atom is -0.436 e. The molecule has 0 bridgehead atoms. The maximum absolute atomic E-state index is 13.3. The molecule has 0 radical (unpaired) electrons. The van der Waals surface area contributed by atoms with Gasteiger partial charge in [0.05, 0.1) is 10.5 Å². The highest BCUT2D eigenvalue weighted by Crippen LogP contribution is 2.40. The molecule has 0 aromatic heterocycles. The van der Waals surface area contributed by atoms with E-state index in [0.29, 0.717) is 19.3 Å². The van der Waals surface area contributed by atoms with Gasteiger partial charge in [-0.2, -0.15) is 17.5 Å². The van der Waals surface area contributed by atoms with E-state index in [2.05, 4.69) is 5.32 Å². The lowest BCUT2D eigenvalue weighted by Crippen LogP contribution is -2.51. The van der Waals surface area contributed by atoms with Crippen molar-refractivity contribution in [2.75, 3.05) is 20.1 Å². The number of benzene rings is 1. The summed E-state index contributed by atoms with van der Waals surface area (Å²) in [5, 5.41) is 3.00. The summed E-state index contributed by atoms with van der Waals surface area (Å²) in [5.41, 5.74) is -1.40. The van der Waals surface area contributed by atoms with Crippen LogP contribution in [0.4, 0.5) is 18.0 Å². The highest BCUT2D eigenvalue weighted by atomic mass is 32.2. The Morgan fingerprint density at radius 3 is 2.26 bits per heavy atom. The Balaban J connectivity index is 1.69. The van der Waals surface area contributed by atoms with Crippen LogP contribution in [0.1, 0.15) is 59.4 Å². The molecule has 1 aromatic carbocycles. The van der Waals surface area contributed by atoms with Gasteiger partial charge in [0.25, 0.3) is 5.91 Å². The number of carbonyl (C=O) groups is 2. The lowest BCUT2D eigenvalue weighted by atomic mass is 9.96. The molecular weight excluding hydrogens is 523 g/mol. The molecule has 1 N–H and O–H groups in total. The summed E-state index contributed by atoms with van der Waals surface area (Å²) in [7, 11) is -2.38. The standard InChI is InChI=1S/C26H38F3N3O5S/c1-7-16(2)22(37-24(34)31(6)25(3,4)5)23(33)30-21-13-8-17-14-32(15-20(17)21)38(35,36)19-11-9-18(10-12-19)26(27,28)29/h9-12,16-17,20-22H,7-8,13-15H2,1-6H3,(H,30,33)/t16-,17+,20-,21-,22-/m0/s1. The molecule has 1 heterocycles. The Bertz CT molecular complexity index is 1120. The van der Waals surface area contributed by atoms with Gasteiger partial charge in [-0.3, -0.25) is 4.79 Å². The molecule has 1 aromatic rings. The summed E-state index contributed by atoms with van der Waals surface area (Å²) in [6.45, 7) is 9.69. The van der Waals surface area contributed by atoms with Crippen LogP contribution in [0.2, 0.25) is 0 Å². The summed E-state index contributed by atoms with van der Waals surface area (Å²) < 4.78 is 71.9. The fraction of sp³-hybridized carbons (Fsp3) is 0.692. The molecule has 1 saturated carbocycles. The van der Waals surface area contributed by atoms with Gasteiger partial charge in [-0.05, 0) is 76.1 Å². The van der Waals surface area contributed by atoms with E-state index in [9.17, 15) is 31.2 Å². The molecule has 5 atom stereocenters. The number of nitrogens with zero attached hydrogens (tertiary/aromatic N) is 2. The molecule has 12 heteroatoms. The summed E-state index contributed by atoms with van der Waals surface area (Å²) in [5.74, 6) is -0.774. The lowest BCUT2D eigenvalue weighted by molar-refractivity contribution is -0.137. The number of ether oxygens (including phenoxy) is 1. The molecule has 1 aliphatic carbocycles. The molecule has 214 valence electrons. The largest absolute Gasteiger partial charge is 0.436 e. The first-order valence-electron chi connectivity index (χ1n) is 12.9. The van der Waals surface area contributed by atoms with Gasteiger partial charge in [-0.1, -0.05) is 13.8 Å². The van der Waals surface area contributed by atoms with Crippen molar-refractivity contribution in [2.24, 2.45) is 17.8 Å². The minimum atomic E-state index is -4.55. The van der Waals surface area contributed by atoms with E-state index in [4.69, 9.17) is 4.74 Å². The zero-order valence-corrected chi connectivity index (χ0v) is 23.5. The number of nitrogens with one attached hydrogen (secondary N) is 1. The number of hydrogen-bond acceptors (Lipinski definition) is 5. The van der Waals surface area contributed by atoms with E-state index < -0.39 is 45.4 Å². The monoisotopic (exact) mass is 561 g/mol. The van der Waals surface area contributed by atoms with Gasteiger partial charge >= 0.3 is 12.3 Å². The Hall–Kier alpha value is -2.34. The lowest BCUT2D eigenvalue weighted by Gasteiger charge is -2.33. The van der Waals surface area contributed by atoms with Crippen LogP contribution in [0.5, 0.6) is 0 Å². The van der Waals surface area contributed by atoms with Gasteiger partial charge < -0.3 is 15.0 Å². The summed E-state index contributed by atoms with van der Waals surface area (Å²) in [4.78, 5) is 27.2. The van der Waals surface area contributed by atoms with E-state index in [1.807, 2.05) is 34.6 Å². The van der Waals surface area contributed by atoms with Crippen LogP contribution in [0.25, 0.3) is 0 Å². The van der Waals surface area contributed by atoms with Gasteiger partial charge in [-0.25, -0.2) is 13.2 Å². The highest BCUT2D eigenvalue weighted by molar-refractivity contribution is 7.89. The number of rotatable bonds is 7. The van der Waals surface area contributed by atoms with Crippen molar-refractivity contribution in [2.45, 2.75) is 82.6 Å². The van der Waals surface area contributed by atoms with Gasteiger partial charge in [0.2, 0.25) is 10.0 Å². The minimum absolute atomic E-state index is 0.0150. The number of alkyl halides is 3. The average molecular weight is 562 g/mol. The van der Waals surface area contributed by atoms with Crippen molar-refractivity contribution >= 4 is 22.0 Å². The topological polar surface area (TPSA) is 96.0 Å². The van der Waals surface area contributed by atoms with Crippen molar-refractivity contribution in [3.8, 4) is 0 Å². The predicted molar refractivity (Wildman–Crippen MR) is 136 cm³/mol. The number of carbonyl (C=O) groups excluding carboxylic acids is 2. The smallest absolute Gasteiger partial charge is 0.416 e. The predicted octanol–water partition coefficient (Wildman–Crippen LogP) is 4.50. The summed E-state index contributed by atoms with van der Waals surface area (Å²) >= 11 is 0. The number of fused-ring (bicyclic) bond motifs is 1. The van der Waals surface area contributed by atoms with E-state index in [1.54, 1.807) is 7.05 Å². The molecule has 2 fully saturated rings. The summed E-state index contributed by atoms with van der Waals surface area (Å²) in [6, 6.07) is 3.18. The van der Waals surface area contributed by atoms with Crippen molar-refractivity contribution in [3.63, 3.8) is 0 Å². The number of amides is 2. The molecule has 2 aliphatic rings. The summed E-state index contributed by atoms with van der Waals surface area (Å²) in [6.07, 6.45) is -4.17. The zero-order chi connectivity index (χ0) is 28.6. The molecule has 1 aliphatic heterocycles. The molecule has 3 rings (SSSR count). The van der Waals surface area contributed by atoms with Crippen LogP contribution in [0.3, 0.4) is 0 Å². The van der Waals surface area contributed by atoms with Gasteiger partial charge in [0.1, 0.15) is 0 Å². The molecule has 0 unspecified atom stereocenters. The molecule has 0 spiro atoms. The number of hydrogen-bond donors (Lipinski definition) is 1. The maximum Gasteiger partial charge on any atom is 0.416 e. The first-order chi connectivity index (χ1) is 17.5. The van der Waals surface area contributed by atoms with E-state index in [1.165, 1.54) is 9.21 Å². The fourth-order valence-electron chi connectivity index (χ4n) is 4.93. The van der Waals surface area contributed by atoms with Crippen molar-refractivity contribution in [3.05, 3.63) is 29.8 Å². The Labute approximate surface area is 222 Å². The van der Waals surface area contributed by atoms with Crippen LogP contribution in [-0.2, 0) is 25.7 Å². The zero-order valence-electron chi connectivity index (χ0n) is 22.7. The first kappa shape index (κ1) is 30.2. The Morgan fingerprint density at radius 2 is 1.74 bits per heavy atom. The first-order valence-corrected chi connectivity index (χ1v) is 14.3. The third kappa shape index (κ3) is 6.44. The Morgan fingerprint density at radius 1 is 1.13 bits per heavy atom. The van der Waals surface area contributed by atoms with Crippen LogP contribution >= 0.6 is 0 Å². The van der Waals surface area contributed by atoms with Crippen LogP contribution in [-0.4, -0.2) is 67.4 Å². The van der Waals surface area contributed by atoms with E-state index in [-0.39, 0.29) is 41.8 Å². The van der Waals surface area contributed by atoms with E-state index in [0.717, 1.165) is 24.3 Å². The second-order valence-electron chi connectivity index (χ2n) is 11.4. The van der Waals surface area contributed by atoms with Crippen molar-refractivity contribution < 1.29 is 35.9 Å². The number of sulfonamides is 1. The fourth-order valence-corrected chi connectivity index (χ4v) is 6.47. The highest BCUT2D eigenvalue weighted by Gasteiger charge is 2.47. The molecular formula is C26H38F3N3O5S. The average Bonchev–Trinajstić information content (AvgIpc) is 3.42. The van der Waals surface area contributed by atoms with Crippen LogP contribution in [0, 0.1) is 17.8 Å². The molecule has 1 saturated heterocycles. The van der Waals surface area contributed by atoms with Gasteiger partial charge in [-0.15, -0.1) is 0 Å². The number of halogens is 3. The molecule has 38 heavy (non-hydrogen) atoms. The SMILES string of the molecule is CC[C@H](C)[C@H](OC(=O)N(C)C(C)(C)C)C(=O)N[C@H]1CC[C@@H]2CN(S(=O)(=O)c3ccc(C(F)(F)F)cc3)C[C@@H]21.